The monoisotopic (exact) mass is 284 g/mol. The van der Waals surface area contributed by atoms with Crippen LogP contribution in [0.5, 0.6) is 0 Å². The van der Waals surface area contributed by atoms with E-state index in [-0.39, 0.29) is 6.17 Å². The van der Waals surface area contributed by atoms with E-state index in [1.807, 2.05) is 25.9 Å². The summed E-state index contributed by atoms with van der Waals surface area (Å²) in [5.41, 5.74) is 5.54. The van der Waals surface area contributed by atoms with Crippen LogP contribution in [-0.4, -0.2) is 79.9 Å². The molecule has 0 radical (unpaired) electrons. The molecule has 6 heteroatoms. The maximum atomic E-state index is 11.1. The van der Waals surface area contributed by atoms with E-state index < -0.39 is 5.72 Å². The molecule has 2 saturated heterocycles. The van der Waals surface area contributed by atoms with Crippen LogP contribution in [0.4, 0.5) is 0 Å². The second kappa shape index (κ2) is 6.39. The van der Waals surface area contributed by atoms with E-state index in [2.05, 4.69) is 9.80 Å². The quantitative estimate of drug-likeness (QED) is 0.721. The van der Waals surface area contributed by atoms with Gasteiger partial charge in [0.1, 0.15) is 5.72 Å². The number of amides is 1. The molecule has 2 aliphatic rings. The summed E-state index contributed by atoms with van der Waals surface area (Å²) in [4.78, 5) is 17.6. The normalized spacial score (nSPS) is 36.4. The van der Waals surface area contributed by atoms with Crippen LogP contribution < -0.4 is 5.73 Å². The van der Waals surface area contributed by atoms with Crippen LogP contribution in [0, 0.1) is 5.92 Å². The number of hydrogen-bond donors (Lipinski definition) is 1. The van der Waals surface area contributed by atoms with Crippen molar-refractivity contribution in [2.75, 3.05) is 46.9 Å². The van der Waals surface area contributed by atoms with Crippen molar-refractivity contribution in [3.05, 3.63) is 0 Å². The molecule has 2 aliphatic heterocycles. The molecule has 0 spiro atoms. The lowest BCUT2D eigenvalue weighted by Gasteiger charge is -2.44. The molecule has 0 aliphatic carbocycles. The highest BCUT2D eigenvalue weighted by molar-refractivity contribution is 5.47. The fourth-order valence-corrected chi connectivity index (χ4v) is 3.33. The molecule has 2 rings (SSSR count). The number of piperidine rings is 1. The highest BCUT2D eigenvalue weighted by atomic mass is 16.5. The summed E-state index contributed by atoms with van der Waals surface area (Å²) in [6.07, 6.45) is 3.30. The minimum Gasteiger partial charge on any atom is -0.358 e. The Kier molecular flexibility index (Phi) is 5.01. The van der Waals surface area contributed by atoms with E-state index >= 15 is 0 Å². The zero-order valence-electron chi connectivity index (χ0n) is 12.9. The van der Waals surface area contributed by atoms with Gasteiger partial charge in [-0.15, -0.1) is 0 Å². The fraction of sp³-hybridized carbons (Fsp3) is 0.929. The second-order valence-electron chi connectivity index (χ2n) is 6.57. The zero-order chi connectivity index (χ0) is 14.8. The van der Waals surface area contributed by atoms with E-state index in [9.17, 15) is 4.79 Å². The van der Waals surface area contributed by atoms with Crippen LogP contribution >= 0.6 is 0 Å². The lowest BCUT2D eigenvalue weighted by Crippen LogP contribution is -2.57. The third-order valence-electron chi connectivity index (χ3n) is 4.35. The molecule has 116 valence electrons. The van der Waals surface area contributed by atoms with Gasteiger partial charge in [0.25, 0.3) is 0 Å². The molecule has 0 bridgehead atoms. The van der Waals surface area contributed by atoms with Crippen LogP contribution in [0.1, 0.15) is 19.8 Å². The number of rotatable bonds is 4. The maximum Gasteiger partial charge on any atom is 0.210 e. The number of carbonyl (C=O) groups excluding carboxylic acids is 1. The molecule has 1 amide bonds. The van der Waals surface area contributed by atoms with Gasteiger partial charge in [0.05, 0.1) is 12.8 Å². The van der Waals surface area contributed by atoms with Crippen LogP contribution in [0.25, 0.3) is 0 Å². The molecular weight excluding hydrogens is 256 g/mol. The van der Waals surface area contributed by atoms with Gasteiger partial charge in [-0.3, -0.25) is 14.6 Å². The van der Waals surface area contributed by atoms with Crippen LogP contribution in [0.2, 0.25) is 0 Å². The molecule has 0 aromatic rings. The smallest absolute Gasteiger partial charge is 0.210 e. The van der Waals surface area contributed by atoms with Gasteiger partial charge in [0, 0.05) is 26.2 Å². The second-order valence-corrected chi connectivity index (χ2v) is 6.57. The number of nitrogens with two attached hydrogens (primary N) is 1. The standard InChI is InChI=1S/C14H28N4O2/c1-14(15)10-17(6-7-20-14)9-12-4-5-18(11-19)13(8-12)16(2)3/h11-13H,4-10,15H2,1-3H3. The van der Waals surface area contributed by atoms with Gasteiger partial charge >= 0.3 is 0 Å². The number of nitrogens with zero attached hydrogens (tertiary/aromatic N) is 3. The first-order valence-corrected chi connectivity index (χ1v) is 7.44. The first-order valence-electron chi connectivity index (χ1n) is 7.44. The van der Waals surface area contributed by atoms with Gasteiger partial charge in [-0.05, 0) is 39.8 Å². The maximum absolute atomic E-state index is 11.1. The van der Waals surface area contributed by atoms with E-state index in [0.717, 1.165) is 45.4 Å². The fourth-order valence-electron chi connectivity index (χ4n) is 3.33. The summed E-state index contributed by atoms with van der Waals surface area (Å²) in [5, 5.41) is 0. The average molecular weight is 284 g/mol. The SMILES string of the molecule is CN(C)C1CC(CN2CCOC(C)(N)C2)CCN1C=O. The predicted octanol–water partition coefficient (Wildman–Crippen LogP) is -0.250. The first-order chi connectivity index (χ1) is 9.41. The Balaban J connectivity index is 1.89. The van der Waals surface area contributed by atoms with Crippen molar-refractivity contribution in [3.8, 4) is 0 Å². The number of hydrogen-bond acceptors (Lipinski definition) is 5. The van der Waals surface area contributed by atoms with E-state index in [0.29, 0.717) is 12.5 Å². The van der Waals surface area contributed by atoms with Crippen LogP contribution in [-0.2, 0) is 9.53 Å². The summed E-state index contributed by atoms with van der Waals surface area (Å²) in [5.74, 6) is 0.618. The molecule has 2 fully saturated rings. The first kappa shape index (κ1) is 15.7. The lowest BCUT2D eigenvalue weighted by atomic mass is 9.93. The van der Waals surface area contributed by atoms with Crippen molar-refractivity contribution < 1.29 is 9.53 Å². The lowest BCUT2D eigenvalue weighted by molar-refractivity contribution is -0.127. The molecule has 3 unspecified atom stereocenters. The summed E-state index contributed by atoms with van der Waals surface area (Å²) in [6, 6.07) is 0. The minimum atomic E-state index is -0.525. The van der Waals surface area contributed by atoms with Crippen molar-refractivity contribution in [3.63, 3.8) is 0 Å². The highest BCUT2D eigenvalue weighted by Crippen LogP contribution is 2.25. The number of morpholine rings is 1. The molecule has 2 N–H and O–H groups in total. The molecular formula is C14H28N4O2. The van der Waals surface area contributed by atoms with Crippen LogP contribution in [0.15, 0.2) is 0 Å². The average Bonchev–Trinajstić information content (AvgIpc) is 2.37. The van der Waals surface area contributed by atoms with Crippen molar-refractivity contribution >= 4 is 6.41 Å². The van der Waals surface area contributed by atoms with Gasteiger partial charge < -0.3 is 15.4 Å². The largest absolute Gasteiger partial charge is 0.358 e. The Morgan fingerprint density at radius 3 is 2.80 bits per heavy atom. The molecule has 0 aromatic heterocycles. The predicted molar refractivity (Wildman–Crippen MR) is 78.0 cm³/mol. The Hall–Kier alpha value is -0.690. The van der Waals surface area contributed by atoms with Crippen molar-refractivity contribution in [2.24, 2.45) is 11.7 Å². The van der Waals surface area contributed by atoms with Crippen molar-refractivity contribution in [2.45, 2.75) is 31.7 Å². The summed E-state index contributed by atoms with van der Waals surface area (Å²) >= 11 is 0. The molecule has 6 nitrogen and oxygen atoms in total. The Morgan fingerprint density at radius 2 is 2.20 bits per heavy atom. The topological polar surface area (TPSA) is 62.0 Å². The Labute approximate surface area is 121 Å². The number of ether oxygens (including phenoxy) is 1. The summed E-state index contributed by atoms with van der Waals surface area (Å²) in [7, 11) is 4.07. The molecule has 2 heterocycles. The molecule has 3 atom stereocenters. The summed E-state index contributed by atoms with van der Waals surface area (Å²) < 4.78 is 5.55. The number of likely N-dealkylation sites (tertiary alicyclic amines) is 1. The van der Waals surface area contributed by atoms with Gasteiger partial charge in [0.2, 0.25) is 6.41 Å². The van der Waals surface area contributed by atoms with Crippen molar-refractivity contribution in [1.82, 2.24) is 14.7 Å². The van der Waals surface area contributed by atoms with E-state index in [4.69, 9.17) is 10.5 Å². The van der Waals surface area contributed by atoms with Gasteiger partial charge in [-0.25, -0.2) is 0 Å². The Morgan fingerprint density at radius 1 is 1.45 bits per heavy atom. The zero-order valence-corrected chi connectivity index (χ0v) is 12.9. The third-order valence-corrected chi connectivity index (χ3v) is 4.35. The molecule has 20 heavy (non-hydrogen) atoms. The van der Waals surface area contributed by atoms with Crippen LogP contribution in [0.3, 0.4) is 0 Å². The molecule has 0 aromatic carbocycles. The van der Waals surface area contributed by atoms with Gasteiger partial charge in [-0.1, -0.05) is 0 Å². The Bertz CT molecular complexity index is 335. The van der Waals surface area contributed by atoms with Gasteiger partial charge in [0.15, 0.2) is 0 Å². The van der Waals surface area contributed by atoms with E-state index in [1.54, 1.807) is 0 Å². The minimum absolute atomic E-state index is 0.219. The van der Waals surface area contributed by atoms with E-state index in [1.165, 1.54) is 0 Å². The van der Waals surface area contributed by atoms with Gasteiger partial charge in [-0.2, -0.15) is 0 Å². The summed E-state index contributed by atoms with van der Waals surface area (Å²) in [6.45, 7) is 6.28. The number of carbonyl (C=O) groups is 1. The molecule has 0 saturated carbocycles. The highest BCUT2D eigenvalue weighted by Gasteiger charge is 2.33. The van der Waals surface area contributed by atoms with Crippen molar-refractivity contribution in [1.29, 1.82) is 0 Å². The third kappa shape index (κ3) is 3.91.